The summed E-state index contributed by atoms with van der Waals surface area (Å²) >= 11 is 0. The number of hydrogen-bond donors (Lipinski definition) is 0. The van der Waals surface area contributed by atoms with Crippen molar-refractivity contribution in [1.82, 2.24) is 4.98 Å². The van der Waals surface area contributed by atoms with Crippen LogP contribution in [0.5, 0.6) is 0 Å². The molecule has 4 nitrogen and oxygen atoms in total. The Morgan fingerprint density at radius 3 is 1.86 bits per heavy atom. The maximum absolute atomic E-state index is 13.3. The number of oxazole rings is 1. The van der Waals surface area contributed by atoms with Crippen LogP contribution in [-0.2, 0) is 15.3 Å². The molecule has 0 spiro atoms. The number of aromatic nitrogens is 1. The standard InChI is InChI=1S/C20H20FNO3S.C2H6/c1-20(2,3)19-22-17(13-5-9-15(21)10-6-13)18(25-19)14-7-11-16(12-8-14)26(4,23)24;1-2/h5-12H,1-4H3;1-2H3. The van der Waals surface area contributed by atoms with Crippen molar-refractivity contribution in [1.29, 1.82) is 0 Å². The highest BCUT2D eigenvalue weighted by Crippen LogP contribution is 2.36. The number of halogens is 1. The molecule has 1 aromatic heterocycles. The van der Waals surface area contributed by atoms with Crippen LogP contribution in [0.3, 0.4) is 0 Å². The van der Waals surface area contributed by atoms with E-state index in [0.29, 0.717) is 22.9 Å². The van der Waals surface area contributed by atoms with Crippen molar-refractivity contribution in [2.24, 2.45) is 0 Å². The molecular formula is C22H26FNO3S. The predicted molar refractivity (Wildman–Crippen MR) is 110 cm³/mol. The van der Waals surface area contributed by atoms with E-state index >= 15 is 0 Å². The fraction of sp³-hybridized carbons (Fsp3) is 0.318. The van der Waals surface area contributed by atoms with Crippen LogP contribution in [0.2, 0.25) is 0 Å². The summed E-state index contributed by atoms with van der Waals surface area (Å²) in [6, 6.07) is 12.5. The van der Waals surface area contributed by atoms with Crippen LogP contribution < -0.4 is 0 Å². The molecule has 28 heavy (non-hydrogen) atoms. The zero-order valence-corrected chi connectivity index (χ0v) is 17.9. The molecule has 0 bridgehead atoms. The lowest BCUT2D eigenvalue weighted by Crippen LogP contribution is -2.11. The van der Waals surface area contributed by atoms with Crippen molar-refractivity contribution in [3.05, 3.63) is 60.2 Å². The molecule has 1 heterocycles. The van der Waals surface area contributed by atoms with E-state index in [1.54, 1.807) is 36.4 Å². The quantitative estimate of drug-likeness (QED) is 0.548. The molecule has 0 aliphatic heterocycles. The number of hydrogen-bond acceptors (Lipinski definition) is 4. The smallest absolute Gasteiger partial charge is 0.200 e. The van der Waals surface area contributed by atoms with Crippen LogP contribution in [0.1, 0.15) is 40.5 Å². The van der Waals surface area contributed by atoms with E-state index in [-0.39, 0.29) is 16.1 Å². The van der Waals surface area contributed by atoms with Crippen molar-refractivity contribution in [3.8, 4) is 22.6 Å². The summed E-state index contributed by atoms with van der Waals surface area (Å²) in [4.78, 5) is 4.86. The van der Waals surface area contributed by atoms with Crippen LogP contribution in [0, 0.1) is 5.82 Å². The minimum Gasteiger partial charge on any atom is -0.439 e. The summed E-state index contributed by atoms with van der Waals surface area (Å²) in [5, 5.41) is 0. The first-order valence-electron chi connectivity index (χ1n) is 9.13. The molecular weight excluding hydrogens is 377 g/mol. The zero-order valence-electron chi connectivity index (χ0n) is 17.1. The molecule has 0 N–H and O–H groups in total. The predicted octanol–water partition coefficient (Wildman–Crippen LogP) is 5.87. The van der Waals surface area contributed by atoms with Gasteiger partial charge in [0.1, 0.15) is 11.5 Å². The van der Waals surface area contributed by atoms with Gasteiger partial charge in [0, 0.05) is 22.8 Å². The summed E-state index contributed by atoms with van der Waals surface area (Å²) < 4.78 is 42.6. The molecule has 150 valence electrons. The van der Waals surface area contributed by atoms with Gasteiger partial charge in [-0.2, -0.15) is 0 Å². The molecule has 3 aromatic rings. The van der Waals surface area contributed by atoms with Crippen LogP contribution >= 0.6 is 0 Å². The normalized spacial score (nSPS) is 11.7. The highest BCUT2D eigenvalue weighted by atomic mass is 32.2. The molecule has 0 saturated heterocycles. The van der Waals surface area contributed by atoms with E-state index in [9.17, 15) is 12.8 Å². The zero-order chi connectivity index (χ0) is 21.1. The Morgan fingerprint density at radius 1 is 0.893 bits per heavy atom. The molecule has 3 rings (SSSR count). The third-order valence-corrected chi connectivity index (χ3v) is 5.06. The lowest BCUT2D eigenvalue weighted by Gasteiger charge is -2.12. The Labute approximate surface area is 166 Å². The minimum atomic E-state index is -3.27. The monoisotopic (exact) mass is 403 g/mol. The van der Waals surface area contributed by atoms with Crippen LogP contribution in [-0.4, -0.2) is 19.7 Å². The molecule has 0 amide bonds. The second kappa shape index (κ2) is 8.27. The van der Waals surface area contributed by atoms with Crippen molar-refractivity contribution >= 4 is 9.84 Å². The Kier molecular flexibility index (Phi) is 6.44. The highest BCUT2D eigenvalue weighted by molar-refractivity contribution is 7.90. The van der Waals surface area contributed by atoms with Gasteiger partial charge in [-0.05, 0) is 48.5 Å². The summed E-state index contributed by atoms with van der Waals surface area (Å²) in [5.41, 5.74) is 1.73. The van der Waals surface area contributed by atoms with Gasteiger partial charge in [0.15, 0.2) is 15.6 Å². The third kappa shape index (κ3) is 4.87. The minimum absolute atomic E-state index is 0.236. The van der Waals surface area contributed by atoms with Gasteiger partial charge in [-0.3, -0.25) is 0 Å². The SMILES string of the molecule is CC.CC(C)(C)c1nc(-c2ccc(F)cc2)c(-c2ccc(S(C)(=O)=O)cc2)o1. The maximum atomic E-state index is 13.3. The molecule has 0 unspecified atom stereocenters. The van der Waals surface area contributed by atoms with Crippen LogP contribution in [0.25, 0.3) is 22.6 Å². The Balaban J connectivity index is 0.00000136. The van der Waals surface area contributed by atoms with Crippen LogP contribution in [0.15, 0.2) is 57.8 Å². The molecule has 0 atom stereocenters. The second-order valence-corrected chi connectivity index (χ2v) is 9.27. The van der Waals surface area contributed by atoms with Gasteiger partial charge in [-0.1, -0.05) is 34.6 Å². The van der Waals surface area contributed by atoms with Gasteiger partial charge in [0.25, 0.3) is 0 Å². The summed E-state index contributed by atoms with van der Waals surface area (Å²) in [7, 11) is -3.27. The summed E-state index contributed by atoms with van der Waals surface area (Å²) in [6.45, 7) is 9.97. The number of sulfone groups is 1. The number of benzene rings is 2. The topological polar surface area (TPSA) is 60.2 Å². The lowest BCUT2D eigenvalue weighted by atomic mass is 9.97. The average molecular weight is 404 g/mol. The molecule has 0 fully saturated rings. The lowest BCUT2D eigenvalue weighted by molar-refractivity contribution is 0.399. The third-order valence-electron chi connectivity index (χ3n) is 3.93. The Morgan fingerprint density at radius 2 is 1.39 bits per heavy atom. The van der Waals surface area contributed by atoms with Crippen molar-refractivity contribution in [2.75, 3.05) is 6.26 Å². The van der Waals surface area contributed by atoms with E-state index < -0.39 is 9.84 Å². The van der Waals surface area contributed by atoms with Crippen molar-refractivity contribution in [2.45, 2.75) is 44.9 Å². The fourth-order valence-corrected chi connectivity index (χ4v) is 3.12. The molecule has 0 aliphatic rings. The number of rotatable bonds is 3. The Bertz CT molecular complexity index is 1030. The van der Waals surface area contributed by atoms with Crippen LogP contribution in [0.4, 0.5) is 4.39 Å². The Hall–Kier alpha value is -2.47. The summed E-state index contributed by atoms with van der Waals surface area (Å²) in [5.74, 6) is 0.757. The molecule has 2 aromatic carbocycles. The molecule has 6 heteroatoms. The van der Waals surface area contributed by atoms with Gasteiger partial charge in [0.2, 0.25) is 5.89 Å². The van der Waals surface area contributed by atoms with E-state index in [1.807, 2.05) is 34.6 Å². The van der Waals surface area contributed by atoms with E-state index in [2.05, 4.69) is 4.98 Å². The maximum Gasteiger partial charge on any atom is 0.200 e. The van der Waals surface area contributed by atoms with E-state index in [0.717, 1.165) is 11.8 Å². The van der Waals surface area contributed by atoms with E-state index in [4.69, 9.17) is 4.42 Å². The largest absolute Gasteiger partial charge is 0.439 e. The second-order valence-electron chi connectivity index (χ2n) is 7.25. The molecule has 0 aliphatic carbocycles. The summed E-state index contributed by atoms with van der Waals surface area (Å²) in [6.07, 6.45) is 1.16. The molecule has 0 radical (unpaired) electrons. The molecule has 0 saturated carbocycles. The van der Waals surface area contributed by atoms with Crippen molar-refractivity contribution in [3.63, 3.8) is 0 Å². The van der Waals surface area contributed by atoms with Gasteiger partial charge < -0.3 is 4.42 Å². The van der Waals surface area contributed by atoms with Gasteiger partial charge in [0.05, 0.1) is 4.90 Å². The fourth-order valence-electron chi connectivity index (χ4n) is 2.49. The van der Waals surface area contributed by atoms with Gasteiger partial charge in [-0.15, -0.1) is 0 Å². The highest BCUT2D eigenvalue weighted by Gasteiger charge is 2.25. The number of nitrogens with zero attached hydrogens (tertiary/aromatic N) is 1. The average Bonchev–Trinajstić information content (AvgIpc) is 3.09. The first kappa shape index (κ1) is 21.8. The van der Waals surface area contributed by atoms with Gasteiger partial charge >= 0.3 is 0 Å². The van der Waals surface area contributed by atoms with E-state index in [1.165, 1.54) is 12.1 Å². The first-order chi connectivity index (χ1) is 13.1. The van der Waals surface area contributed by atoms with Crippen molar-refractivity contribution < 1.29 is 17.2 Å². The van der Waals surface area contributed by atoms with Gasteiger partial charge in [-0.25, -0.2) is 17.8 Å². The first-order valence-corrected chi connectivity index (χ1v) is 11.0.